The van der Waals surface area contributed by atoms with Crippen LogP contribution < -0.4 is 11.1 Å². The Kier molecular flexibility index (Phi) is 4.93. The van der Waals surface area contributed by atoms with Crippen LogP contribution in [0.5, 0.6) is 0 Å². The quantitative estimate of drug-likeness (QED) is 0.704. The van der Waals surface area contributed by atoms with Gasteiger partial charge in [-0.2, -0.15) is 0 Å². The molecule has 1 heterocycles. The summed E-state index contributed by atoms with van der Waals surface area (Å²) in [4.78, 5) is 25.7. The van der Waals surface area contributed by atoms with E-state index in [0.717, 1.165) is 0 Å². The van der Waals surface area contributed by atoms with Crippen LogP contribution in [0.25, 0.3) is 0 Å². The number of esters is 1. The predicted octanol–water partition coefficient (Wildman–Crippen LogP) is 0.546. The van der Waals surface area contributed by atoms with Crippen LogP contribution >= 0.6 is 0 Å². The largest absolute Gasteiger partial charge is 0.466 e. The lowest BCUT2D eigenvalue weighted by Crippen LogP contribution is -2.14. The zero-order valence-corrected chi connectivity index (χ0v) is 9.60. The van der Waals surface area contributed by atoms with Crippen molar-refractivity contribution in [2.45, 2.75) is 13.3 Å². The Balaban J connectivity index is 2.44. The Labute approximate surface area is 99.2 Å². The molecule has 6 heteroatoms. The summed E-state index contributed by atoms with van der Waals surface area (Å²) in [6.07, 6.45) is 1.74. The Morgan fingerprint density at radius 1 is 1.53 bits per heavy atom. The lowest BCUT2D eigenvalue weighted by Gasteiger charge is -2.06. The number of primary amides is 1. The molecule has 6 nitrogen and oxygen atoms in total. The molecule has 0 fully saturated rings. The van der Waals surface area contributed by atoms with E-state index in [1.54, 1.807) is 13.0 Å². The minimum Gasteiger partial charge on any atom is -0.466 e. The number of pyridine rings is 1. The fourth-order valence-corrected chi connectivity index (χ4v) is 1.22. The number of carbonyl (C=O) groups excluding carboxylic acids is 2. The topological polar surface area (TPSA) is 94.3 Å². The Morgan fingerprint density at radius 3 is 2.94 bits per heavy atom. The molecule has 3 N–H and O–H groups in total. The molecule has 0 aliphatic carbocycles. The fraction of sp³-hybridized carbons (Fsp3) is 0.364. The van der Waals surface area contributed by atoms with Crippen molar-refractivity contribution in [3.63, 3.8) is 0 Å². The summed E-state index contributed by atoms with van der Waals surface area (Å²) in [6.45, 7) is 2.56. The second-order valence-electron chi connectivity index (χ2n) is 3.28. The molecule has 17 heavy (non-hydrogen) atoms. The molecule has 0 atom stereocenters. The maximum atomic E-state index is 11.1. The van der Waals surface area contributed by atoms with E-state index >= 15 is 0 Å². The minimum atomic E-state index is -0.584. The molecule has 1 aromatic rings. The lowest BCUT2D eigenvalue weighted by atomic mass is 10.3. The van der Waals surface area contributed by atoms with Crippen LogP contribution in [0.2, 0.25) is 0 Å². The van der Waals surface area contributed by atoms with Crippen LogP contribution in [0.15, 0.2) is 18.3 Å². The van der Waals surface area contributed by atoms with Crippen LogP contribution in [0.4, 0.5) is 5.69 Å². The number of aromatic nitrogens is 1. The van der Waals surface area contributed by atoms with E-state index in [0.29, 0.717) is 18.8 Å². The van der Waals surface area contributed by atoms with Gasteiger partial charge in [0.2, 0.25) is 0 Å². The maximum absolute atomic E-state index is 11.1. The molecule has 0 aromatic carbocycles. The van der Waals surface area contributed by atoms with Crippen LogP contribution in [-0.4, -0.2) is 30.0 Å². The Bertz CT molecular complexity index is 407. The zero-order valence-electron chi connectivity index (χ0n) is 9.60. The molecule has 0 saturated carbocycles. The van der Waals surface area contributed by atoms with E-state index in [1.165, 1.54) is 12.3 Å². The highest BCUT2D eigenvalue weighted by molar-refractivity contribution is 5.91. The molecule has 0 unspecified atom stereocenters. The molecule has 0 spiro atoms. The summed E-state index contributed by atoms with van der Waals surface area (Å²) < 4.78 is 4.78. The summed E-state index contributed by atoms with van der Waals surface area (Å²) in [5, 5.41) is 2.98. The Morgan fingerprint density at radius 2 is 2.29 bits per heavy atom. The van der Waals surface area contributed by atoms with Crippen LogP contribution in [0, 0.1) is 0 Å². The van der Waals surface area contributed by atoms with E-state index in [2.05, 4.69) is 10.3 Å². The first kappa shape index (κ1) is 13.0. The number of nitrogens with zero attached hydrogens (tertiary/aromatic N) is 1. The molecule has 0 bridgehead atoms. The molecular weight excluding hydrogens is 222 g/mol. The molecule has 0 radical (unpaired) electrons. The van der Waals surface area contributed by atoms with E-state index < -0.39 is 5.91 Å². The highest BCUT2D eigenvalue weighted by Gasteiger charge is 2.04. The van der Waals surface area contributed by atoms with Gasteiger partial charge in [-0.15, -0.1) is 0 Å². The molecule has 1 aromatic heterocycles. The van der Waals surface area contributed by atoms with E-state index in [9.17, 15) is 9.59 Å². The highest BCUT2D eigenvalue weighted by atomic mass is 16.5. The third-order valence-corrected chi connectivity index (χ3v) is 1.98. The smallest absolute Gasteiger partial charge is 0.307 e. The van der Waals surface area contributed by atoms with Gasteiger partial charge < -0.3 is 15.8 Å². The molecular formula is C11H15N3O3. The van der Waals surface area contributed by atoms with Crippen molar-refractivity contribution in [1.29, 1.82) is 0 Å². The average Bonchev–Trinajstić information content (AvgIpc) is 2.30. The number of hydrogen-bond acceptors (Lipinski definition) is 5. The second kappa shape index (κ2) is 6.47. The molecule has 92 valence electrons. The lowest BCUT2D eigenvalue weighted by molar-refractivity contribution is -0.142. The third kappa shape index (κ3) is 4.50. The van der Waals surface area contributed by atoms with Gasteiger partial charge in [-0.05, 0) is 19.1 Å². The summed E-state index contributed by atoms with van der Waals surface area (Å²) in [5.74, 6) is -0.844. The zero-order chi connectivity index (χ0) is 12.7. The number of amides is 1. The summed E-state index contributed by atoms with van der Waals surface area (Å²) in [5.41, 5.74) is 5.97. The number of hydrogen-bond donors (Lipinski definition) is 2. The first-order valence-corrected chi connectivity index (χ1v) is 5.29. The van der Waals surface area contributed by atoms with Gasteiger partial charge in [-0.1, -0.05) is 0 Å². The number of nitrogens with one attached hydrogen (secondary N) is 1. The van der Waals surface area contributed by atoms with Crippen molar-refractivity contribution in [3.8, 4) is 0 Å². The van der Waals surface area contributed by atoms with Gasteiger partial charge in [-0.25, -0.2) is 0 Å². The van der Waals surface area contributed by atoms with Crippen LogP contribution in [0.3, 0.4) is 0 Å². The first-order valence-electron chi connectivity index (χ1n) is 5.29. The molecule has 0 aliphatic rings. The molecule has 0 aliphatic heterocycles. The van der Waals surface area contributed by atoms with Crippen molar-refractivity contribution in [2.24, 2.45) is 5.73 Å². The van der Waals surface area contributed by atoms with Crippen molar-refractivity contribution in [1.82, 2.24) is 4.98 Å². The van der Waals surface area contributed by atoms with Crippen molar-refractivity contribution >= 4 is 17.6 Å². The van der Waals surface area contributed by atoms with Gasteiger partial charge in [0, 0.05) is 18.4 Å². The molecule has 1 amide bonds. The van der Waals surface area contributed by atoms with Gasteiger partial charge in [0.1, 0.15) is 5.69 Å². The third-order valence-electron chi connectivity index (χ3n) is 1.98. The fourth-order valence-electron chi connectivity index (χ4n) is 1.22. The van der Waals surface area contributed by atoms with Crippen molar-refractivity contribution in [2.75, 3.05) is 18.5 Å². The number of rotatable bonds is 6. The normalized spacial score (nSPS) is 9.71. The van der Waals surface area contributed by atoms with Crippen LogP contribution in [0.1, 0.15) is 23.8 Å². The average molecular weight is 237 g/mol. The van der Waals surface area contributed by atoms with Gasteiger partial charge in [0.15, 0.2) is 0 Å². The summed E-state index contributed by atoms with van der Waals surface area (Å²) >= 11 is 0. The van der Waals surface area contributed by atoms with Gasteiger partial charge in [-0.3, -0.25) is 14.6 Å². The van der Waals surface area contributed by atoms with Crippen molar-refractivity contribution < 1.29 is 14.3 Å². The van der Waals surface area contributed by atoms with Gasteiger partial charge in [0.25, 0.3) is 5.91 Å². The monoisotopic (exact) mass is 237 g/mol. The van der Waals surface area contributed by atoms with E-state index in [1.807, 2.05) is 0 Å². The van der Waals surface area contributed by atoms with Crippen molar-refractivity contribution in [3.05, 3.63) is 24.0 Å². The molecule has 1 rings (SSSR count). The number of nitrogens with two attached hydrogens (primary N) is 1. The summed E-state index contributed by atoms with van der Waals surface area (Å²) in [7, 11) is 0. The summed E-state index contributed by atoms with van der Waals surface area (Å²) in [6, 6.07) is 3.23. The Hall–Kier alpha value is -2.11. The van der Waals surface area contributed by atoms with E-state index in [-0.39, 0.29) is 18.1 Å². The van der Waals surface area contributed by atoms with E-state index in [4.69, 9.17) is 10.5 Å². The number of carbonyl (C=O) groups is 2. The molecule has 0 saturated heterocycles. The minimum absolute atomic E-state index is 0.186. The second-order valence-corrected chi connectivity index (χ2v) is 3.28. The first-order chi connectivity index (χ1) is 8.13. The van der Waals surface area contributed by atoms with Crippen LogP contribution in [-0.2, 0) is 9.53 Å². The maximum Gasteiger partial charge on any atom is 0.307 e. The number of ether oxygens (including phenoxy) is 1. The number of anilines is 1. The van der Waals surface area contributed by atoms with Gasteiger partial charge in [0.05, 0.1) is 13.0 Å². The standard InChI is InChI=1S/C11H15N3O3/c1-2-17-10(15)4-6-13-8-3-5-14-9(7-8)11(12)16/h3,5,7H,2,4,6H2,1H3,(H2,12,16)(H,13,14). The SMILES string of the molecule is CCOC(=O)CCNc1ccnc(C(N)=O)c1. The van der Waals surface area contributed by atoms with Gasteiger partial charge >= 0.3 is 5.97 Å². The predicted molar refractivity (Wildman–Crippen MR) is 62.5 cm³/mol. The highest BCUT2D eigenvalue weighted by Crippen LogP contribution is 2.07.